The van der Waals surface area contributed by atoms with Crippen LogP contribution in [0.3, 0.4) is 0 Å². The minimum atomic E-state index is -0.180. The van der Waals surface area contributed by atoms with Crippen LogP contribution < -0.4 is 10.2 Å². The van der Waals surface area contributed by atoms with Crippen molar-refractivity contribution in [3.8, 4) is 5.75 Å². The minimum absolute atomic E-state index is 0.0292. The standard InChI is InChI=1S/C19H17Cl2N3O3/c1-11-8-16(26)18(24-23-11)13-9-14(20)19(15(21)10-13)27-17(22-6-7-25)5-4-12-2-3-12/h4-5,7,9-10,12,23H,1-3,6,8H2/b5-4+,22-17?. The molecule has 1 aromatic carbocycles. The van der Waals surface area contributed by atoms with Crippen molar-refractivity contribution in [2.75, 3.05) is 6.54 Å². The lowest BCUT2D eigenvalue weighted by molar-refractivity contribution is -0.112. The van der Waals surface area contributed by atoms with Crippen molar-refractivity contribution in [1.82, 2.24) is 5.43 Å². The van der Waals surface area contributed by atoms with Gasteiger partial charge < -0.3 is 9.53 Å². The number of allylic oxidation sites excluding steroid dienone is 2. The van der Waals surface area contributed by atoms with Crippen LogP contribution in [0.1, 0.15) is 24.8 Å². The summed E-state index contributed by atoms with van der Waals surface area (Å²) in [5.41, 5.74) is 3.92. The maximum absolute atomic E-state index is 12.2. The van der Waals surface area contributed by atoms with E-state index in [0.29, 0.717) is 23.5 Å². The highest BCUT2D eigenvalue weighted by Crippen LogP contribution is 2.35. The molecule has 0 atom stereocenters. The Balaban J connectivity index is 1.86. The second kappa shape index (κ2) is 8.50. The Morgan fingerprint density at radius 3 is 2.67 bits per heavy atom. The van der Waals surface area contributed by atoms with Crippen LogP contribution in [-0.2, 0) is 9.59 Å². The molecule has 1 N–H and O–H groups in total. The Labute approximate surface area is 166 Å². The smallest absolute Gasteiger partial charge is 0.214 e. The molecule has 0 aromatic heterocycles. The van der Waals surface area contributed by atoms with E-state index in [1.807, 2.05) is 6.08 Å². The third kappa shape index (κ3) is 5.05. The summed E-state index contributed by atoms with van der Waals surface area (Å²) in [6.07, 6.45) is 6.78. The van der Waals surface area contributed by atoms with Gasteiger partial charge in [-0.2, -0.15) is 5.10 Å². The largest absolute Gasteiger partial charge is 0.436 e. The summed E-state index contributed by atoms with van der Waals surface area (Å²) in [6.45, 7) is 3.65. The molecule has 1 aliphatic heterocycles. The van der Waals surface area contributed by atoms with Crippen LogP contribution in [-0.4, -0.2) is 30.2 Å². The van der Waals surface area contributed by atoms with Crippen LogP contribution in [0.25, 0.3) is 0 Å². The molecule has 2 aliphatic rings. The van der Waals surface area contributed by atoms with Gasteiger partial charge in [-0.15, -0.1) is 0 Å². The van der Waals surface area contributed by atoms with Crippen molar-refractivity contribution in [3.05, 3.63) is 52.2 Å². The van der Waals surface area contributed by atoms with E-state index in [1.54, 1.807) is 18.2 Å². The summed E-state index contributed by atoms with van der Waals surface area (Å²) in [4.78, 5) is 26.9. The van der Waals surface area contributed by atoms with Crippen LogP contribution in [0.15, 0.2) is 46.7 Å². The van der Waals surface area contributed by atoms with Crippen LogP contribution in [0.2, 0.25) is 10.0 Å². The predicted octanol–water partition coefficient (Wildman–Crippen LogP) is 3.72. The van der Waals surface area contributed by atoms with Crippen LogP contribution in [0, 0.1) is 5.92 Å². The number of aliphatic imine (C=N–C) groups is 1. The highest BCUT2D eigenvalue weighted by atomic mass is 35.5. The molecule has 0 spiro atoms. The van der Waals surface area contributed by atoms with Gasteiger partial charge in [0.25, 0.3) is 0 Å². The molecule has 3 rings (SSSR count). The molecule has 0 unspecified atom stereocenters. The van der Waals surface area contributed by atoms with Gasteiger partial charge in [0.2, 0.25) is 5.90 Å². The Hall–Kier alpha value is -2.44. The summed E-state index contributed by atoms with van der Waals surface area (Å²) in [5.74, 6) is 0.782. The molecule has 1 heterocycles. The Morgan fingerprint density at radius 2 is 2.07 bits per heavy atom. The number of benzene rings is 1. The van der Waals surface area contributed by atoms with Crippen molar-refractivity contribution >= 4 is 46.9 Å². The van der Waals surface area contributed by atoms with Gasteiger partial charge in [0.1, 0.15) is 12.0 Å². The molecular formula is C19H17Cl2N3O3. The van der Waals surface area contributed by atoms with E-state index in [2.05, 4.69) is 22.1 Å². The first-order valence-electron chi connectivity index (χ1n) is 8.36. The van der Waals surface area contributed by atoms with Crippen molar-refractivity contribution < 1.29 is 14.3 Å². The monoisotopic (exact) mass is 405 g/mol. The Morgan fingerprint density at radius 1 is 1.37 bits per heavy atom. The van der Waals surface area contributed by atoms with Gasteiger partial charge in [0.05, 0.1) is 23.0 Å². The number of ketones is 1. The maximum atomic E-state index is 12.2. The number of hydrogen-bond donors (Lipinski definition) is 1. The van der Waals surface area contributed by atoms with Crippen molar-refractivity contribution in [3.63, 3.8) is 0 Å². The van der Waals surface area contributed by atoms with E-state index in [0.717, 1.165) is 12.8 Å². The van der Waals surface area contributed by atoms with Crippen molar-refractivity contribution in [1.29, 1.82) is 0 Å². The number of ether oxygens (including phenoxy) is 1. The lowest BCUT2D eigenvalue weighted by atomic mass is 10.0. The Bertz CT molecular complexity index is 863. The second-order valence-electron chi connectivity index (χ2n) is 6.19. The molecule has 0 saturated heterocycles. The number of nitrogens with zero attached hydrogens (tertiary/aromatic N) is 2. The van der Waals surface area contributed by atoms with Gasteiger partial charge in [-0.3, -0.25) is 10.2 Å². The quantitative estimate of drug-likeness (QED) is 0.444. The third-order valence-corrected chi connectivity index (χ3v) is 4.46. The number of aldehydes is 1. The fourth-order valence-electron chi connectivity index (χ4n) is 2.39. The fraction of sp³-hybridized carbons (Fsp3) is 0.263. The predicted molar refractivity (Wildman–Crippen MR) is 106 cm³/mol. The van der Waals surface area contributed by atoms with Crippen LogP contribution in [0.5, 0.6) is 5.75 Å². The molecule has 27 heavy (non-hydrogen) atoms. The summed E-state index contributed by atoms with van der Waals surface area (Å²) < 4.78 is 5.73. The number of rotatable bonds is 6. The normalized spacial score (nSPS) is 17.7. The summed E-state index contributed by atoms with van der Waals surface area (Å²) in [6, 6.07) is 3.11. The number of hydrogen-bond acceptors (Lipinski definition) is 6. The molecule has 1 saturated carbocycles. The van der Waals surface area contributed by atoms with E-state index in [9.17, 15) is 9.59 Å². The van der Waals surface area contributed by atoms with Crippen molar-refractivity contribution in [2.45, 2.75) is 19.3 Å². The Kier molecular flexibility index (Phi) is 6.08. The van der Waals surface area contributed by atoms with E-state index < -0.39 is 0 Å². The molecule has 6 nitrogen and oxygen atoms in total. The average Bonchev–Trinajstić information content (AvgIpc) is 3.44. The zero-order valence-corrected chi connectivity index (χ0v) is 15.9. The first kappa shape index (κ1) is 19.3. The fourth-order valence-corrected chi connectivity index (χ4v) is 2.96. The molecule has 0 amide bonds. The van der Waals surface area contributed by atoms with Crippen molar-refractivity contribution in [2.24, 2.45) is 16.0 Å². The van der Waals surface area contributed by atoms with E-state index in [4.69, 9.17) is 27.9 Å². The van der Waals surface area contributed by atoms with E-state index >= 15 is 0 Å². The first-order valence-corrected chi connectivity index (χ1v) is 9.11. The summed E-state index contributed by atoms with van der Waals surface area (Å²) in [5, 5.41) is 4.43. The number of Topliss-reactive ketones (excluding diaryl/α,β-unsaturated/α-hetero) is 1. The number of carbonyl (C=O) groups is 2. The highest BCUT2D eigenvalue weighted by Gasteiger charge is 2.23. The van der Waals surface area contributed by atoms with E-state index in [-0.39, 0.29) is 46.2 Å². The highest BCUT2D eigenvalue weighted by molar-refractivity contribution is 6.48. The lowest BCUT2D eigenvalue weighted by Gasteiger charge is -2.16. The van der Waals surface area contributed by atoms with Gasteiger partial charge in [-0.1, -0.05) is 35.9 Å². The van der Waals surface area contributed by atoms with Crippen LogP contribution in [0.4, 0.5) is 0 Å². The molecular weight excluding hydrogens is 389 g/mol. The zero-order valence-electron chi connectivity index (χ0n) is 14.4. The number of halogens is 2. The summed E-state index contributed by atoms with van der Waals surface area (Å²) in [7, 11) is 0. The number of carbonyl (C=O) groups excluding carboxylic acids is 2. The van der Waals surface area contributed by atoms with Gasteiger partial charge in [0, 0.05) is 11.3 Å². The van der Waals surface area contributed by atoms with Crippen LogP contribution >= 0.6 is 23.2 Å². The van der Waals surface area contributed by atoms with E-state index in [1.165, 1.54) is 0 Å². The number of hydrazone groups is 1. The first-order chi connectivity index (χ1) is 13.0. The van der Waals surface area contributed by atoms with Gasteiger partial charge in [-0.05, 0) is 37.0 Å². The topological polar surface area (TPSA) is 80.1 Å². The third-order valence-electron chi connectivity index (χ3n) is 3.90. The summed E-state index contributed by atoms with van der Waals surface area (Å²) >= 11 is 12.6. The second-order valence-corrected chi connectivity index (χ2v) is 7.00. The maximum Gasteiger partial charge on any atom is 0.214 e. The zero-order chi connectivity index (χ0) is 19.4. The van der Waals surface area contributed by atoms with Gasteiger partial charge in [0.15, 0.2) is 11.5 Å². The molecule has 1 fully saturated rings. The van der Waals surface area contributed by atoms with Gasteiger partial charge in [-0.25, -0.2) is 4.99 Å². The molecule has 140 valence electrons. The lowest BCUT2D eigenvalue weighted by Crippen LogP contribution is -2.27. The molecule has 0 radical (unpaired) electrons. The molecule has 1 aliphatic carbocycles. The van der Waals surface area contributed by atoms with Gasteiger partial charge >= 0.3 is 0 Å². The average molecular weight is 406 g/mol. The number of nitrogens with one attached hydrogen (secondary N) is 1. The SMILES string of the molecule is C=C1CC(=O)C(c2cc(Cl)c(OC(/C=C/C3CC3)=NCC=O)c(Cl)c2)=NN1. The minimum Gasteiger partial charge on any atom is -0.436 e. The molecule has 0 bridgehead atoms. The molecule has 8 heteroatoms. The molecule has 1 aromatic rings.